The van der Waals surface area contributed by atoms with Crippen LogP contribution in [0.15, 0.2) is 24.3 Å². The first-order valence-corrected chi connectivity index (χ1v) is 6.61. The van der Waals surface area contributed by atoms with Gasteiger partial charge >= 0.3 is 0 Å². The fourth-order valence-corrected chi connectivity index (χ4v) is 2.74. The second-order valence-electron chi connectivity index (χ2n) is 4.99. The van der Waals surface area contributed by atoms with Crippen LogP contribution >= 0.6 is 0 Å². The molecule has 1 aliphatic rings. The maximum atomic E-state index is 2.59. The predicted octanol–water partition coefficient (Wildman–Crippen LogP) is 4.19. The molecule has 0 aromatic heterocycles. The molecule has 2 unspecified atom stereocenters. The van der Waals surface area contributed by atoms with Gasteiger partial charge in [0.05, 0.1) is 0 Å². The molecule has 16 heavy (non-hydrogen) atoms. The Morgan fingerprint density at radius 3 is 2.62 bits per heavy atom. The van der Waals surface area contributed by atoms with Gasteiger partial charge in [-0.3, -0.25) is 0 Å². The second-order valence-corrected chi connectivity index (χ2v) is 4.99. The van der Waals surface area contributed by atoms with Crippen molar-refractivity contribution in [1.82, 2.24) is 0 Å². The van der Waals surface area contributed by atoms with Crippen molar-refractivity contribution < 1.29 is 0 Å². The maximum absolute atomic E-state index is 2.59. The summed E-state index contributed by atoms with van der Waals surface area (Å²) >= 11 is 0. The molecule has 1 heterocycles. The van der Waals surface area contributed by atoms with E-state index in [2.05, 4.69) is 49.9 Å². The molecule has 1 nitrogen and oxygen atoms in total. The number of benzene rings is 1. The SMILES string of the molecule is CCCCCN1c2ccccc2C(C)C1C. The van der Waals surface area contributed by atoms with Crippen LogP contribution in [0.3, 0.4) is 0 Å². The first kappa shape index (κ1) is 11.5. The summed E-state index contributed by atoms with van der Waals surface area (Å²) in [6.45, 7) is 8.19. The summed E-state index contributed by atoms with van der Waals surface area (Å²) in [7, 11) is 0. The number of para-hydroxylation sites is 1. The van der Waals surface area contributed by atoms with Crippen LogP contribution in [-0.2, 0) is 0 Å². The Hall–Kier alpha value is -0.980. The zero-order chi connectivity index (χ0) is 11.5. The molecule has 1 aromatic carbocycles. The van der Waals surface area contributed by atoms with E-state index in [1.54, 1.807) is 0 Å². The number of anilines is 1. The van der Waals surface area contributed by atoms with E-state index < -0.39 is 0 Å². The van der Waals surface area contributed by atoms with Crippen LogP contribution in [0.2, 0.25) is 0 Å². The summed E-state index contributed by atoms with van der Waals surface area (Å²) in [5.74, 6) is 0.679. The van der Waals surface area contributed by atoms with Crippen LogP contribution in [0.1, 0.15) is 51.5 Å². The highest BCUT2D eigenvalue weighted by atomic mass is 15.2. The molecule has 2 atom stereocenters. The number of nitrogens with zero attached hydrogens (tertiary/aromatic N) is 1. The number of unbranched alkanes of at least 4 members (excludes halogenated alkanes) is 2. The minimum atomic E-state index is 0.661. The van der Waals surface area contributed by atoms with Crippen molar-refractivity contribution in [2.24, 2.45) is 0 Å². The number of fused-ring (bicyclic) bond motifs is 1. The van der Waals surface area contributed by atoms with E-state index in [4.69, 9.17) is 0 Å². The lowest BCUT2D eigenvalue weighted by Gasteiger charge is -2.26. The van der Waals surface area contributed by atoms with Gasteiger partial charge in [-0.15, -0.1) is 0 Å². The van der Waals surface area contributed by atoms with Crippen molar-refractivity contribution in [2.75, 3.05) is 11.4 Å². The van der Waals surface area contributed by atoms with Crippen LogP contribution in [0.5, 0.6) is 0 Å². The van der Waals surface area contributed by atoms with E-state index in [1.165, 1.54) is 37.1 Å². The molecule has 88 valence electrons. The Morgan fingerprint density at radius 2 is 1.88 bits per heavy atom. The Kier molecular flexibility index (Phi) is 3.52. The van der Waals surface area contributed by atoms with Gasteiger partial charge in [0.2, 0.25) is 0 Å². The lowest BCUT2D eigenvalue weighted by atomic mass is 9.98. The molecular weight excluding hydrogens is 194 g/mol. The van der Waals surface area contributed by atoms with Crippen LogP contribution in [-0.4, -0.2) is 12.6 Å². The standard InChI is InChI=1S/C15H23N/c1-4-5-8-11-16-13(3)12(2)14-9-6-7-10-15(14)16/h6-7,9-10,12-13H,4-5,8,11H2,1-3H3. The first-order valence-electron chi connectivity index (χ1n) is 6.61. The van der Waals surface area contributed by atoms with E-state index in [9.17, 15) is 0 Å². The van der Waals surface area contributed by atoms with E-state index >= 15 is 0 Å². The maximum Gasteiger partial charge on any atom is 0.0404 e. The third-order valence-electron chi connectivity index (χ3n) is 3.95. The van der Waals surface area contributed by atoms with Crippen molar-refractivity contribution >= 4 is 5.69 Å². The molecule has 0 saturated heterocycles. The van der Waals surface area contributed by atoms with Crippen molar-refractivity contribution in [1.29, 1.82) is 0 Å². The van der Waals surface area contributed by atoms with Crippen molar-refractivity contribution in [3.05, 3.63) is 29.8 Å². The fourth-order valence-electron chi connectivity index (χ4n) is 2.74. The number of hydrogen-bond donors (Lipinski definition) is 0. The molecule has 0 saturated carbocycles. The normalized spacial score (nSPS) is 23.6. The van der Waals surface area contributed by atoms with Crippen LogP contribution in [0.4, 0.5) is 5.69 Å². The highest BCUT2D eigenvalue weighted by Gasteiger charge is 2.31. The summed E-state index contributed by atoms with van der Waals surface area (Å²) in [5, 5.41) is 0. The third-order valence-corrected chi connectivity index (χ3v) is 3.95. The summed E-state index contributed by atoms with van der Waals surface area (Å²) in [6, 6.07) is 9.56. The molecule has 1 aromatic rings. The average molecular weight is 217 g/mol. The first-order chi connectivity index (χ1) is 7.75. The smallest absolute Gasteiger partial charge is 0.0404 e. The summed E-state index contributed by atoms with van der Waals surface area (Å²) in [6.07, 6.45) is 3.97. The van der Waals surface area contributed by atoms with E-state index in [0.29, 0.717) is 12.0 Å². The second kappa shape index (κ2) is 4.90. The zero-order valence-corrected chi connectivity index (χ0v) is 10.7. The molecule has 0 aliphatic carbocycles. The Labute approximate surface area is 99.5 Å². The van der Waals surface area contributed by atoms with E-state index in [1.807, 2.05) is 0 Å². The van der Waals surface area contributed by atoms with Gasteiger partial charge < -0.3 is 4.90 Å². The minimum absolute atomic E-state index is 0.661. The number of rotatable bonds is 4. The van der Waals surface area contributed by atoms with Crippen molar-refractivity contribution in [2.45, 2.75) is 52.0 Å². The largest absolute Gasteiger partial charge is 0.368 e. The van der Waals surface area contributed by atoms with E-state index in [0.717, 1.165) is 0 Å². The number of hydrogen-bond acceptors (Lipinski definition) is 1. The van der Waals surface area contributed by atoms with Gasteiger partial charge in [-0.05, 0) is 25.0 Å². The summed E-state index contributed by atoms with van der Waals surface area (Å²) in [4.78, 5) is 2.59. The lowest BCUT2D eigenvalue weighted by molar-refractivity contribution is 0.571. The molecule has 0 amide bonds. The van der Waals surface area contributed by atoms with Crippen LogP contribution < -0.4 is 4.90 Å². The predicted molar refractivity (Wildman–Crippen MR) is 71.2 cm³/mol. The van der Waals surface area contributed by atoms with Gasteiger partial charge in [0.25, 0.3) is 0 Å². The Balaban J connectivity index is 2.14. The molecule has 1 aliphatic heterocycles. The van der Waals surface area contributed by atoms with Crippen LogP contribution in [0, 0.1) is 0 Å². The molecule has 0 bridgehead atoms. The summed E-state index contributed by atoms with van der Waals surface area (Å²) < 4.78 is 0. The molecule has 0 radical (unpaired) electrons. The highest BCUT2D eigenvalue weighted by Crippen LogP contribution is 2.40. The molecule has 2 rings (SSSR count). The molecule has 0 N–H and O–H groups in total. The Morgan fingerprint density at radius 1 is 1.12 bits per heavy atom. The Bertz CT molecular complexity index is 345. The monoisotopic (exact) mass is 217 g/mol. The molecule has 0 fully saturated rings. The lowest BCUT2D eigenvalue weighted by Crippen LogP contribution is -2.31. The minimum Gasteiger partial charge on any atom is -0.368 e. The quantitative estimate of drug-likeness (QED) is 0.684. The van der Waals surface area contributed by atoms with Crippen LogP contribution in [0.25, 0.3) is 0 Å². The van der Waals surface area contributed by atoms with Gasteiger partial charge in [0, 0.05) is 24.2 Å². The molecule has 1 heteroatoms. The van der Waals surface area contributed by atoms with Gasteiger partial charge in [0.1, 0.15) is 0 Å². The van der Waals surface area contributed by atoms with E-state index in [-0.39, 0.29) is 0 Å². The molecule has 0 spiro atoms. The van der Waals surface area contributed by atoms with Crippen molar-refractivity contribution in [3.8, 4) is 0 Å². The van der Waals surface area contributed by atoms with Gasteiger partial charge in [-0.25, -0.2) is 0 Å². The fraction of sp³-hybridized carbons (Fsp3) is 0.600. The zero-order valence-electron chi connectivity index (χ0n) is 10.7. The van der Waals surface area contributed by atoms with Crippen molar-refractivity contribution in [3.63, 3.8) is 0 Å². The summed E-state index contributed by atoms with van der Waals surface area (Å²) in [5.41, 5.74) is 3.00. The topological polar surface area (TPSA) is 3.24 Å². The third kappa shape index (κ3) is 1.95. The van der Waals surface area contributed by atoms with Gasteiger partial charge in [0.15, 0.2) is 0 Å². The molecular formula is C15H23N. The van der Waals surface area contributed by atoms with Gasteiger partial charge in [-0.1, -0.05) is 44.9 Å². The average Bonchev–Trinajstić information content (AvgIpc) is 2.55. The highest BCUT2D eigenvalue weighted by molar-refractivity contribution is 5.61. The van der Waals surface area contributed by atoms with Gasteiger partial charge in [-0.2, -0.15) is 0 Å².